The molecule has 0 bridgehead atoms. The van der Waals surface area contributed by atoms with Crippen LogP contribution in [0.2, 0.25) is 0 Å². The zero-order chi connectivity index (χ0) is 14.3. The number of alkyl halides is 3. The second kappa shape index (κ2) is 7.13. The summed E-state index contributed by atoms with van der Waals surface area (Å²) in [7, 11) is 1.52. The largest absolute Gasteiger partial charge is 0.416 e. The molecule has 1 aromatic rings. The van der Waals surface area contributed by atoms with E-state index in [9.17, 15) is 18.0 Å². The van der Waals surface area contributed by atoms with Gasteiger partial charge in [-0.3, -0.25) is 4.79 Å². The van der Waals surface area contributed by atoms with E-state index in [-0.39, 0.29) is 18.7 Å². The first kappa shape index (κ1) is 15.5. The second-order valence-corrected chi connectivity index (χ2v) is 4.04. The number of benzene rings is 1. The third-order valence-corrected chi connectivity index (χ3v) is 2.52. The van der Waals surface area contributed by atoms with E-state index in [1.807, 2.05) is 0 Å². The minimum Gasteiger partial charge on any atom is -0.383 e. The number of carbonyl (C=O) groups is 1. The number of methoxy groups -OCH3 is 1. The van der Waals surface area contributed by atoms with Crippen LogP contribution in [-0.2, 0) is 22.1 Å². The number of hydrogen-bond acceptors (Lipinski definition) is 2. The summed E-state index contributed by atoms with van der Waals surface area (Å²) in [4.78, 5) is 11.4. The number of ether oxygens (including phenoxy) is 1. The summed E-state index contributed by atoms with van der Waals surface area (Å²) in [5.74, 6) is -0.200. The Morgan fingerprint density at radius 3 is 2.74 bits per heavy atom. The van der Waals surface area contributed by atoms with Gasteiger partial charge in [0.05, 0.1) is 12.2 Å². The molecule has 106 valence electrons. The van der Waals surface area contributed by atoms with Gasteiger partial charge in [-0.15, -0.1) is 0 Å². The first-order valence-corrected chi connectivity index (χ1v) is 5.85. The van der Waals surface area contributed by atoms with Crippen molar-refractivity contribution in [3.8, 4) is 0 Å². The zero-order valence-electron chi connectivity index (χ0n) is 10.6. The van der Waals surface area contributed by atoms with Crippen LogP contribution in [0.4, 0.5) is 13.2 Å². The predicted molar refractivity (Wildman–Crippen MR) is 64.7 cm³/mol. The molecule has 0 fully saturated rings. The third-order valence-electron chi connectivity index (χ3n) is 2.52. The molecule has 0 spiro atoms. The van der Waals surface area contributed by atoms with Crippen molar-refractivity contribution in [1.29, 1.82) is 0 Å². The van der Waals surface area contributed by atoms with Crippen molar-refractivity contribution < 1.29 is 22.7 Å². The topological polar surface area (TPSA) is 38.3 Å². The highest BCUT2D eigenvalue weighted by atomic mass is 19.4. The van der Waals surface area contributed by atoms with Gasteiger partial charge in [-0.25, -0.2) is 0 Å². The van der Waals surface area contributed by atoms with Gasteiger partial charge >= 0.3 is 6.18 Å². The van der Waals surface area contributed by atoms with E-state index in [0.717, 1.165) is 12.1 Å². The summed E-state index contributed by atoms with van der Waals surface area (Å²) >= 11 is 0. The molecule has 19 heavy (non-hydrogen) atoms. The molecule has 1 aromatic carbocycles. The number of amides is 1. The smallest absolute Gasteiger partial charge is 0.383 e. The van der Waals surface area contributed by atoms with Gasteiger partial charge in [0.25, 0.3) is 0 Å². The molecule has 0 radical (unpaired) electrons. The lowest BCUT2D eigenvalue weighted by Gasteiger charge is -2.09. The Labute approximate surface area is 109 Å². The van der Waals surface area contributed by atoms with Crippen LogP contribution in [0.25, 0.3) is 0 Å². The Bertz CT molecular complexity index is 419. The molecule has 0 saturated heterocycles. The van der Waals surface area contributed by atoms with Gasteiger partial charge in [0, 0.05) is 20.1 Å². The molecule has 0 aliphatic heterocycles. The Morgan fingerprint density at radius 1 is 1.37 bits per heavy atom. The minimum atomic E-state index is -4.35. The Kier molecular flexibility index (Phi) is 5.82. The van der Waals surface area contributed by atoms with Crippen LogP contribution in [0.1, 0.15) is 17.5 Å². The monoisotopic (exact) mass is 275 g/mol. The van der Waals surface area contributed by atoms with Crippen LogP contribution < -0.4 is 5.32 Å². The predicted octanol–water partition coefficient (Wildman–Crippen LogP) is 2.40. The van der Waals surface area contributed by atoms with Crippen LogP contribution >= 0.6 is 0 Å². The Morgan fingerprint density at radius 2 is 2.11 bits per heavy atom. The van der Waals surface area contributed by atoms with Gasteiger partial charge in [0.15, 0.2) is 0 Å². The van der Waals surface area contributed by atoms with Gasteiger partial charge in [-0.2, -0.15) is 13.2 Å². The first-order valence-electron chi connectivity index (χ1n) is 5.85. The number of hydrogen-bond donors (Lipinski definition) is 1. The fourth-order valence-electron chi connectivity index (χ4n) is 1.54. The molecular formula is C13H16F3NO2. The maximum Gasteiger partial charge on any atom is 0.416 e. The molecular weight excluding hydrogens is 259 g/mol. The molecule has 6 heteroatoms. The van der Waals surface area contributed by atoms with Crippen molar-refractivity contribution >= 4 is 5.91 Å². The molecule has 0 aromatic heterocycles. The molecule has 0 atom stereocenters. The fourth-order valence-corrected chi connectivity index (χ4v) is 1.54. The lowest BCUT2D eigenvalue weighted by molar-refractivity contribution is -0.137. The van der Waals surface area contributed by atoms with Crippen molar-refractivity contribution in [3.05, 3.63) is 35.4 Å². The number of carbonyl (C=O) groups excluding carboxylic acids is 1. The minimum absolute atomic E-state index is 0.158. The summed E-state index contributed by atoms with van der Waals surface area (Å²) < 4.78 is 42.2. The standard InChI is InChI=1S/C13H16F3NO2/c1-19-8-7-17-12(18)6-5-10-3-2-4-11(9-10)13(14,15)16/h2-4,9H,5-8H2,1H3,(H,17,18). The summed E-state index contributed by atoms with van der Waals surface area (Å²) in [5, 5.41) is 2.61. The Balaban J connectivity index is 2.47. The molecule has 1 N–H and O–H groups in total. The van der Waals surface area contributed by atoms with E-state index >= 15 is 0 Å². The van der Waals surface area contributed by atoms with Crippen LogP contribution in [-0.4, -0.2) is 26.2 Å². The van der Waals surface area contributed by atoms with Crippen LogP contribution in [0.3, 0.4) is 0 Å². The maximum absolute atomic E-state index is 12.5. The molecule has 0 aliphatic carbocycles. The fraction of sp³-hybridized carbons (Fsp3) is 0.462. The number of aryl methyl sites for hydroxylation is 1. The molecule has 0 heterocycles. The summed E-state index contributed by atoms with van der Waals surface area (Å²) in [6.07, 6.45) is -3.91. The normalized spacial score (nSPS) is 11.4. The van der Waals surface area contributed by atoms with Gasteiger partial charge in [0.1, 0.15) is 0 Å². The summed E-state index contributed by atoms with van der Waals surface area (Å²) in [6, 6.07) is 5.02. The average molecular weight is 275 g/mol. The van der Waals surface area contributed by atoms with E-state index in [4.69, 9.17) is 4.74 Å². The number of rotatable bonds is 6. The highest BCUT2D eigenvalue weighted by Crippen LogP contribution is 2.29. The van der Waals surface area contributed by atoms with Gasteiger partial charge in [0.2, 0.25) is 5.91 Å². The molecule has 1 amide bonds. The van der Waals surface area contributed by atoms with E-state index in [1.165, 1.54) is 13.2 Å². The van der Waals surface area contributed by atoms with Crippen LogP contribution in [0, 0.1) is 0 Å². The highest BCUT2D eigenvalue weighted by molar-refractivity contribution is 5.76. The van der Waals surface area contributed by atoms with E-state index in [1.54, 1.807) is 6.07 Å². The SMILES string of the molecule is COCCNC(=O)CCc1cccc(C(F)(F)F)c1. The van der Waals surface area contributed by atoms with Gasteiger partial charge in [-0.1, -0.05) is 18.2 Å². The second-order valence-electron chi connectivity index (χ2n) is 4.04. The highest BCUT2D eigenvalue weighted by Gasteiger charge is 2.30. The van der Waals surface area contributed by atoms with Gasteiger partial charge in [-0.05, 0) is 18.1 Å². The van der Waals surface area contributed by atoms with Crippen molar-refractivity contribution in [2.75, 3.05) is 20.3 Å². The van der Waals surface area contributed by atoms with Crippen molar-refractivity contribution in [2.24, 2.45) is 0 Å². The van der Waals surface area contributed by atoms with Crippen molar-refractivity contribution in [3.63, 3.8) is 0 Å². The number of halogens is 3. The summed E-state index contributed by atoms with van der Waals surface area (Å²) in [6.45, 7) is 0.813. The molecule has 0 saturated carbocycles. The zero-order valence-corrected chi connectivity index (χ0v) is 10.6. The van der Waals surface area contributed by atoms with E-state index in [0.29, 0.717) is 18.7 Å². The van der Waals surface area contributed by atoms with Crippen molar-refractivity contribution in [2.45, 2.75) is 19.0 Å². The van der Waals surface area contributed by atoms with E-state index < -0.39 is 11.7 Å². The molecule has 3 nitrogen and oxygen atoms in total. The molecule has 0 unspecified atom stereocenters. The Hall–Kier alpha value is -1.56. The quantitative estimate of drug-likeness (QED) is 0.810. The molecule has 0 aliphatic rings. The lowest BCUT2D eigenvalue weighted by atomic mass is 10.1. The number of nitrogens with one attached hydrogen (secondary N) is 1. The maximum atomic E-state index is 12.5. The van der Waals surface area contributed by atoms with Crippen LogP contribution in [0.15, 0.2) is 24.3 Å². The first-order chi connectivity index (χ1) is 8.93. The molecule has 1 rings (SSSR count). The van der Waals surface area contributed by atoms with Gasteiger partial charge < -0.3 is 10.1 Å². The lowest BCUT2D eigenvalue weighted by Crippen LogP contribution is -2.27. The van der Waals surface area contributed by atoms with Crippen molar-refractivity contribution in [1.82, 2.24) is 5.32 Å². The van der Waals surface area contributed by atoms with E-state index in [2.05, 4.69) is 5.32 Å². The van der Waals surface area contributed by atoms with Crippen LogP contribution in [0.5, 0.6) is 0 Å². The average Bonchev–Trinajstić information content (AvgIpc) is 2.36. The summed E-state index contributed by atoms with van der Waals surface area (Å²) in [5.41, 5.74) is -0.193. The third kappa shape index (κ3) is 5.74.